The van der Waals surface area contributed by atoms with Gasteiger partial charge in [-0.05, 0) is 17.3 Å². The Hall–Kier alpha value is -0.530. The van der Waals surface area contributed by atoms with E-state index in [1.807, 2.05) is 0 Å². The summed E-state index contributed by atoms with van der Waals surface area (Å²) in [5.41, 5.74) is 0.161. The Bertz CT molecular complexity index is 206. The summed E-state index contributed by atoms with van der Waals surface area (Å²) in [6, 6.07) is 0. The normalized spacial score (nSPS) is 30.3. The Morgan fingerprint density at radius 1 is 1.46 bits per heavy atom. The summed E-state index contributed by atoms with van der Waals surface area (Å²) in [6.07, 6.45) is 0. The maximum Gasteiger partial charge on any atom is 0.309 e. The van der Waals surface area contributed by atoms with E-state index in [0.717, 1.165) is 0 Å². The molecule has 2 heteroatoms. The van der Waals surface area contributed by atoms with Gasteiger partial charge in [-0.1, -0.05) is 34.6 Å². The molecule has 2 nitrogen and oxygen atoms in total. The number of hydrogen-bond donors (Lipinski definition) is 0. The monoisotopic (exact) mass is 184 g/mol. The van der Waals surface area contributed by atoms with Gasteiger partial charge in [-0.25, -0.2) is 0 Å². The van der Waals surface area contributed by atoms with Crippen molar-refractivity contribution in [2.24, 2.45) is 23.2 Å². The molecule has 1 fully saturated rings. The van der Waals surface area contributed by atoms with Crippen LogP contribution in [0.3, 0.4) is 0 Å². The van der Waals surface area contributed by atoms with Crippen molar-refractivity contribution in [3.63, 3.8) is 0 Å². The number of ether oxygens (including phenoxy) is 1. The van der Waals surface area contributed by atoms with Gasteiger partial charge in [0.05, 0.1) is 12.5 Å². The summed E-state index contributed by atoms with van der Waals surface area (Å²) in [6.45, 7) is 11.0. The minimum absolute atomic E-state index is 0.00815. The fourth-order valence-corrected chi connectivity index (χ4v) is 1.74. The Labute approximate surface area is 80.7 Å². The van der Waals surface area contributed by atoms with Gasteiger partial charge in [0.2, 0.25) is 0 Å². The van der Waals surface area contributed by atoms with E-state index in [1.54, 1.807) is 0 Å². The average molecular weight is 184 g/mol. The van der Waals surface area contributed by atoms with Crippen LogP contribution in [0.5, 0.6) is 0 Å². The van der Waals surface area contributed by atoms with Gasteiger partial charge in [0.25, 0.3) is 0 Å². The van der Waals surface area contributed by atoms with Gasteiger partial charge in [0.1, 0.15) is 0 Å². The highest BCUT2D eigenvalue weighted by Gasteiger charge is 2.59. The maximum absolute atomic E-state index is 11.5. The zero-order chi connectivity index (χ0) is 10.2. The van der Waals surface area contributed by atoms with Crippen LogP contribution in [0.1, 0.15) is 34.6 Å². The summed E-state index contributed by atoms with van der Waals surface area (Å²) in [4.78, 5) is 11.5. The quantitative estimate of drug-likeness (QED) is 0.630. The highest BCUT2D eigenvalue weighted by atomic mass is 16.5. The van der Waals surface area contributed by atoms with Crippen LogP contribution in [0.4, 0.5) is 0 Å². The predicted octanol–water partition coefficient (Wildman–Crippen LogP) is 2.48. The molecule has 0 aromatic heterocycles. The lowest BCUT2D eigenvalue weighted by atomic mass is 10.1. The summed E-state index contributed by atoms with van der Waals surface area (Å²) in [5, 5.41) is 0. The van der Waals surface area contributed by atoms with Crippen LogP contribution < -0.4 is 0 Å². The first-order valence-corrected chi connectivity index (χ1v) is 5.04. The molecule has 1 aliphatic rings. The lowest BCUT2D eigenvalue weighted by molar-refractivity contribution is -0.147. The molecule has 0 aromatic carbocycles. The largest absolute Gasteiger partial charge is 0.465 e. The second-order valence-corrected chi connectivity index (χ2v) is 5.11. The van der Waals surface area contributed by atoms with Gasteiger partial charge in [-0.3, -0.25) is 4.79 Å². The van der Waals surface area contributed by atoms with Crippen molar-refractivity contribution in [2.45, 2.75) is 34.6 Å². The Morgan fingerprint density at radius 2 is 1.92 bits per heavy atom. The van der Waals surface area contributed by atoms with Crippen LogP contribution in [0, 0.1) is 23.2 Å². The first-order chi connectivity index (χ1) is 5.87. The van der Waals surface area contributed by atoms with E-state index in [0.29, 0.717) is 18.4 Å². The second kappa shape index (κ2) is 3.32. The molecule has 0 heterocycles. The molecule has 0 bridgehead atoms. The molecule has 76 valence electrons. The molecule has 0 radical (unpaired) electrons. The maximum atomic E-state index is 11.5. The number of carbonyl (C=O) groups is 1. The smallest absolute Gasteiger partial charge is 0.309 e. The molecular formula is C11H20O2. The highest BCUT2D eigenvalue weighted by molar-refractivity contribution is 5.77. The van der Waals surface area contributed by atoms with Crippen molar-refractivity contribution in [3.8, 4) is 0 Å². The number of rotatable bonds is 3. The Balaban J connectivity index is 2.35. The molecule has 2 unspecified atom stereocenters. The standard InChI is InChI=1S/C11H20O2/c1-7(2)6-13-10(12)9-8(3)11(9,4)5/h7-9H,6H2,1-5H3. The van der Waals surface area contributed by atoms with E-state index in [-0.39, 0.29) is 17.3 Å². The summed E-state index contributed by atoms with van der Waals surface area (Å²) in [7, 11) is 0. The highest BCUT2D eigenvalue weighted by Crippen LogP contribution is 2.58. The van der Waals surface area contributed by atoms with Gasteiger partial charge in [-0.15, -0.1) is 0 Å². The third-order valence-electron chi connectivity index (χ3n) is 3.18. The molecular weight excluding hydrogens is 164 g/mol. The minimum atomic E-state index is -0.00815. The van der Waals surface area contributed by atoms with E-state index >= 15 is 0 Å². The van der Waals surface area contributed by atoms with Gasteiger partial charge in [0, 0.05) is 0 Å². The van der Waals surface area contributed by atoms with E-state index < -0.39 is 0 Å². The Morgan fingerprint density at radius 3 is 2.23 bits per heavy atom. The second-order valence-electron chi connectivity index (χ2n) is 5.11. The molecule has 0 N–H and O–H groups in total. The zero-order valence-corrected chi connectivity index (χ0v) is 9.26. The van der Waals surface area contributed by atoms with Gasteiger partial charge in [-0.2, -0.15) is 0 Å². The zero-order valence-electron chi connectivity index (χ0n) is 9.26. The third-order valence-corrected chi connectivity index (χ3v) is 3.18. The summed E-state index contributed by atoms with van der Waals surface area (Å²) < 4.78 is 5.19. The van der Waals surface area contributed by atoms with Crippen molar-refractivity contribution in [1.29, 1.82) is 0 Å². The van der Waals surface area contributed by atoms with Crippen LogP contribution in [-0.4, -0.2) is 12.6 Å². The molecule has 0 amide bonds. The van der Waals surface area contributed by atoms with Crippen molar-refractivity contribution in [2.75, 3.05) is 6.61 Å². The minimum Gasteiger partial charge on any atom is -0.465 e. The fraction of sp³-hybridized carbons (Fsp3) is 0.909. The molecule has 0 spiro atoms. The third kappa shape index (κ3) is 2.04. The van der Waals surface area contributed by atoms with Crippen molar-refractivity contribution in [1.82, 2.24) is 0 Å². The van der Waals surface area contributed by atoms with Gasteiger partial charge >= 0.3 is 5.97 Å². The SMILES string of the molecule is CC(C)COC(=O)C1C(C)C1(C)C. The molecule has 2 atom stereocenters. The number of carbonyl (C=O) groups excluding carboxylic acids is 1. The lowest BCUT2D eigenvalue weighted by Crippen LogP contribution is -2.14. The van der Waals surface area contributed by atoms with Crippen LogP contribution >= 0.6 is 0 Å². The molecule has 0 saturated heterocycles. The molecule has 1 aliphatic carbocycles. The number of esters is 1. The average Bonchev–Trinajstić information content (AvgIpc) is 2.47. The topological polar surface area (TPSA) is 26.3 Å². The molecule has 0 aromatic rings. The first-order valence-electron chi connectivity index (χ1n) is 5.04. The first kappa shape index (κ1) is 10.6. The van der Waals surface area contributed by atoms with Gasteiger partial charge in [0.15, 0.2) is 0 Å². The molecule has 13 heavy (non-hydrogen) atoms. The fourth-order valence-electron chi connectivity index (χ4n) is 1.74. The van der Waals surface area contributed by atoms with Crippen LogP contribution in [-0.2, 0) is 9.53 Å². The molecule has 0 aliphatic heterocycles. The van der Waals surface area contributed by atoms with Crippen molar-refractivity contribution < 1.29 is 9.53 Å². The number of hydrogen-bond acceptors (Lipinski definition) is 2. The van der Waals surface area contributed by atoms with E-state index in [1.165, 1.54) is 0 Å². The Kier molecular flexibility index (Phi) is 2.69. The van der Waals surface area contributed by atoms with Crippen LogP contribution in [0.15, 0.2) is 0 Å². The summed E-state index contributed by atoms with van der Waals surface area (Å²) >= 11 is 0. The van der Waals surface area contributed by atoms with Gasteiger partial charge < -0.3 is 4.74 Å². The van der Waals surface area contributed by atoms with Crippen molar-refractivity contribution >= 4 is 5.97 Å². The van der Waals surface area contributed by atoms with Crippen molar-refractivity contribution in [3.05, 3.63) is 0 Å². The van der Waals surface area contributed by atoms with Crippen LogP contribution in [0.25, 0.3) is 0 Å². The lowest BCUT2D eigenvalue weighted by Gasteiger charge is -2.07. The van der Waals surface area contributed by atoms with Crippen LogP contribution in [0.2, 0.25) is 0 Å². The van der Waals surface area contributed by atoms with E-state index in [2.05, 4.69) is 34.6 Å². The van der Waals surface area contributed by atoms with E-state index in [9.17, 15) is 4.79 Å². The van der Waals surface area contributed by atoms with E-state index in [4.69, 9.17) is 4.74 Å². The molecule has 1 saturated carbocycles. The summed E-state index contributed by atoms with van der Waals surface area (Å²) in [5.74, 6) is 1.03. The predicted molar refractivity (Wildman–Crippen MR) is 52.2 cm³/mol. The molecule has 1 rings (SSSR count).